The molecule has 3 heteroatoms. The van der Waals surface area contributed by atoms with E-state index in [1.54, 1.807) is 0 Å². The predicted molar refractivity (Wildman–Crippen MR) is 67.3 cm³/mol. The summed E-state index contributed by atoms with van der Waals surface area (Å²) < 4.78 is 5.36. The normalized spacial score (nSPS) is 18.8. The highest BCUT2D eigenvalue weighted by molar-refractivity contribution is 5.50. The Labute approximate surface area is 101 Å². The van der Waals surface area contributed by atoms with Crippen molar-refractivity contribution in [1.29, 1.82) is 0 Å². The molecule has 1 atom stereocenters. The van der Waals surface area contributed by atoms with E-state index in [2.05, 4.69) is 40.8 Å². The van der Waals surface area contributed by atoms with E-state index in [-0.39, 0.29) is 0 Å². The van der Waals surface area contributed by atoms with E-state index in [1.807, 2.05) is 7.05 Å². The first-order chi connectivity index (χ1) is 8.40. The molecule has 1 N–H and O–H groups in total. The number of nitrogens with zero attached hydrogens (tertiary/aromatic N) is 1. The van der Waals surface area contributed by atoms with Crippen molar-refractivity contribution in [3.63, 3.8) is 0 Å². The van der Waals surface area contributed by atoms with Crippen LogP contribution < -0.4 is 5.32 Å². The molecule has 0 radical (unpaired) electrons. The molecular weight excluding hydrogens is 212 g/mol. The standard InChI is InChI=1S/C14H16N2O/c1-15-14-13-11(10-6-3-2-4-7-10)8-5-9-12(13)16-17-14/h2-4,6-7,11,15H,5,8-9H2,1H3. The van der Waals surface area contributed by atoms with E-state index in [0.717, 1.165) is 18.0 Å². The summed E-state index contributed by atoms with van der Waals surface area (Å²) in [6.07, 6.45) is 3.39. The van der Waals surface area contributed by atoms with Crippen molar-refractivity contribution in [2.45, 2.75) is 25.2 Å². The van der Waals surface area contributed by atoms with E-state index in [4.69, 9.17) is 4.52 Å². The van der Waals surface area contributed by atoms with E-state index in [9.17, 15) is 0 Å². The molecule has 0 saturated carbocycles. The van der Waals surface area contributed by atoms with Crippen LogP contribution in [0.25, 0.3) is 0 Å². The van der Waals surface area contributed by atoms with Crippen LogP contribution in [0.3, 0.4) is 0 Å². The van der Waals surface area contributed by atoms with Gasteiger partial charge < -0.3 is 9.84 Å². The first-order valence-electron chi connectivity index (χ1n) is 6.11. The second-order valence-electron chi connectivity index (χ2n) is 4.48. The monoisotopic (exact) mass is 228 g/mol. The van der Waals surface area contributed by atoms with Gasteiger partial charge in [0.2, 0.25) is 5.88 Å². The first kappa shape index (κ1) is 10.4. The van der Waals surface area contributed by atoms with Crippen LogP contribution in [-0.4, -0.2) is 12.2 Å². The van der Waals surface area contributed by atoms with Gasteiger partial charge >= 0.3 is 0 Å². The minimum absolute atomic E-state index is 0.425. The average Bonchev–Trinajstić information content (AvgIpc) is 2.82. The number of rotatable bonds is 2. The van der Waals surface area contributed by atoms with Crippen molar-refractivity contribution in [3.8, 4) is 0 Å². The van der Waals surface area contributed by atoms with Crippen LogP contribution in [0.1, 0.15) is 35.6 Å². The topological polar surface area (TPSA) is 38.1 Å². The second-order valence-corrected chi connectivity index (χ2v) is 4.48. The average molecular weight is 228 g/mol. The molecule has 0 fully saturated rings. The molecule has 0 spiro atoms. The minimum atomic E-state index is 0.425. The summed E-state index contributed by atoms with van der Waals surface area (Å²) in [5.41, 5.74) is 3.73. The smallest absolute Gasteiger partial charge is 0.228 e. The van der Waals surface area contributed by atoms with E-state index in [1.165, 1.54) is 24.0 Å². The maximum absolute atomic E-state index is 5.36. The molecule has 0 saturated heterocycles. The van der Waals surface area contributed by atoms with Crippen molar-refractivity contribution in [2.75, 3.05) is 12.4 Å². The van der Waals surface area contributed by atoms with Gasteiger partial charge in [0.25, 0.3) is 0 Å². The number of aryl methyl sites for hydroxylation is 1. The molecule has 88 valence electrons. The Balaban J connectivity index is 2.07. The number of hydrogen-bond donors (Lipinski definition) is 1. The van der Waals surface area contributed by atoms with Crippen LogP contribution in [0.4, 0.5) is 5.88 Å². The lowest BCUT2D eigenvalue weighted by molar-refractivity contribution is 0.424. The maximum atomic E-state index is 5.36. The van der Waals surface area contributed by atoms with Gasteiger partial charge in [0, 0.05) is 18.5 Å². The van der Waals surface area contributed by atoms with Crippen LogP contribution in [0, 0.1) is 0 Å². The summed E-state index contributed by atoms with van der Waals surface area (Å²) in [6.45, 7) is 0. The molecule has 2 aromatic rings. The third-order valence-electron chi connectivity index (χ3n) is 3.49. The highest BCUT2D eigenvalue weighted by Crippen LogP contribution is 2.40. The quantitative estimate of drug-likeness (QED) is 0.857. The fourth-order valence-corrected chi connectivity index (χ4v) is 2.69. The Morgan fingerprint density at radius 1 is 1.29 bits per heavy atom. The van der Waals surface area contributed by atoms with Crippen LogP contribution in [0.5, 0.6) is 0 Å². The number of benzene rings is 1. The molecule has 1 aliphatic carbocycles. The van der Waals surface area contributed by atoms with Gasteiger partial charge in [0.15, 0.2) is 0 Å². The lowest BCUT2D eigenvalue weighted by Crippen LogP contribution is -2.11. The van der Waals surface area contributed by atoms with Crippen molar-refractivity contribution in [1.82, 2.24) is 5.16 Å². The zero-order valence-corrected chi connectivity index (χ0v) is 9.94. The molecule has 0 aliphatic heterocycles. The molecular formula is C14H16N2O. The third kappa shape index (κ3) is 1.71. The van der Waals surface area contributed by atoms with Crippen LogP contribution in [-0.2, 0) is 6.42 Å². The van der Waals surface area contributed by atoms with E-state index in [0.29, 0.717) is 5.92 Å². The Morgan fingerprint density at radius 3 is 2.88 bits per heavy atom. The van der Waals surface area contributed by atoms with E-state index >= 15 is 0 Å². The molecule has 3 rings (SSSR count). The van der Waals surface area contributed by atoms with Crippen molar-refractivity contribution < 1.29 is 4.52 Å². The minimum Gasteiger partial charge on any atom is -0.357 e. The number of anilines is 1. The lowest BCUT2D eigenvalue weighted by Gasteiger charge is -2.22. The van der Waals surface area contributed by atoms with Gasteiger partial charge in [-0.1, -0.05) is 35.5 Å². The fraction of sp³-hybridized carbons (Fsp3) is 0.357. The van der Waals surface area contributed by atoms with Gasteiger partial charge in [-0.05, 0) is 24.8 Å². The van der Waals surface area contributed by atoms with Crippen LogP contribution >= 0.6 is 0 Å². The van der Waals surface area contributed by atoms with Gasteiger partial charge in [0.1, 0.15) is 0 Å². The van der Waals surface area contributed by atoms with Crippen molar-refractivity contribution in [2.24, 2.45) is 0 Å². The van der Waals surface area contributed by atoms with Crippen LogP contribution in [0.2, 0.25) is 0 Å². The number of aromatic nitrogens is 1. The SMILES string of the molecule is CNc1onc2c1C(c1ccccc1)CCC2. The Kier molecular flexibility index (Phi) is 2.59. The molecule has 1 aromatic heterocycles. The van der Waals surface area contributed by atoms with Gasteiger partial charge in [-0.25, -0.2) is 0 Å². The van der Waals surface area contributed by atoms with Gasteiger partial charge in [-0.2, -0.15) is 0 Å². The molecule has 1 unspecified atom stereocenters. The number of nitrogens with one attached hydrogen (secondary N) is 1. The largest absolute Gasteiger partial charge is 0.357 e. The summed E-state index contributed by atoms with van der Waals surface area (Å²) in [4.78, 5) is 0. The molecule has 17 heavy (non-hydrogen) atoms. The molecule has 0 amide bonds. The second kappa shape index (κ2) is 4.24. The zero-order chi connectivity index (χ0) is 11.7. The fourth-order valence-electron chi connectivity index (χ4n) is 2.69. The molecule has 0 bridgehead atoms. The molecule has 1 aliphatic rings. The molecule has 1 heterocycles. The van der Waals surface area contributed by atoms with Gasteiger partial charge in [-0.15, -0.1) is 0 Å². The molecule has 3 nitrogen and oxygen atoms in total. The Hall–Kier alpha value is -1.77. The highest BCUT2D eigenvalue weighted by atomic mass is 16.5. The summed E-state index contributed by atoms with van der Waals surface area (Å²) in [5, 5.41) is 7.27. The Bertz CT molecular complexity index is 491. The highest BCUT2D eigenvalue weighted by Gasteiger charge is 2.28. The maximum Gasteiger partial charge on any atom is 0.228 e. The van der Waals surface area contributed by atoms with Crippen LogP contribution in [0.15, 0.2) is 34.9 Å². The Morgan fingerprint density at radius 2 is 2.12 bits per heavy atom. The number of fused-ring (bicyclic) bond motifs is 1. The molecule has 1 aromatic carbocycles. The summed E-state index contributed by atoms with van der Waals surface area (Å²) in [6, 6.07) is 10.6. The predicted octanol–water partition coefficient (Wildman–Crippen LogP) is 3.18. The number of hydrogen-bond acceptors (Lipinski definition) is 3. The van der Waals surface area contributed by atoms with Gasteiger partial charge in [0.05, 0.1) is 5.69 Å². The first-order valence-corrected chi connectivity index (χ1v) is 6.11. The zero-order valence-electron chi connectivity index (χ0n) is 9.94. The van der Waals surface area contributed by atoms with Crippen molar-refractivity contribution in [3.05, 3.63) is 47.2 Å². The van der Waals surface area contributed by atoms with E-state index < -0.39 is 0 Å². The lowest BCUT2D eigenvalue weighted by atomic mass is 9.82. The van der Waals surface area contributed by atoms with Gasteiger partial charge in [-0.3, -0.25) is 0 Å². The third-order valence-corrected chi connectivity index (χ3v) is 3.49. The summed E-state index contributed by atoms with van der Waals surface area (Å²) >= 11 is 0. The van der Waals surface area contributed by atoms with Crippen molar-refractivity contribution >= 4 is 5.88 Å². The summed E-state index contributed by atoms with van der Waals surface area (Å²) in [5.74, 6) is 1.25. The summed E-state index contributed by atoms with van der Waals surface area (Å²) in [7, 11) is 1.89.